The van der Waals surface area contributed by atoms with Crippen molar-refractivity contribution in [2.24, 2.45) is 0 Å². The van der Waals surface area contributed by atoms with Gasteiger partial charge in [-0.15, -0.1) is 0 Å². The van der Waals surface area contributed by atoms with Crippen LogP contribution in [0.4, 0.5) is 5.95 Å². The number of rotatable bonds is 6. The summed E-state index contributed by atoms with van der Waals surface area (Å²) in [5.74, 6) is 2.14. The van der Waals surface area contributed by atoms with E-state index in [1.807, 2.05) is 23.7 Å². The van der Waals surface area contributed by atoms with Gasteiger partial charge in [0.2, 0.25) is 5.95 Å². The van der Waals surface area contributed by atoms with Crippen LogP contribution in [0.15, 0.2) is 42.5 Å². The number of nitrogens with one attached hydrogen (secondary N) is 1. The van der Waals surface area contributed by atoms with Crippen LogP contribution in [0.5, 0.6) is 11.5 Å². The molecule has 1 N–H and O–H groups in total. The van der Waals surface area contributed by atoms with Gasteiger partial charge in [0.05, 0.1) is 25.8 Å². The maximum Gasteiger partial charge on any atom is 0.243 e. The maximum atomic E-state index is 5.65. The van der Waals surface area contributed by atoms with Crippen molar-refractivity contribution in [3.05, 3.63) is 59.2 Å². The first-order chi connectivity index (χ1) is 13.7. The summed E-state index contributed by atoms with van der Waals surface area (Å²) in [6.07, 6.45) is 1.87. The second-order valence-corrected chi connectivity index (χ2v) is 6.83. The number of fused-ring (bicyclic) bond motifs is 1. The molecule has 0 bridgehead atoms. The Hall–Kier alpha value is -3.09. The fraction of sp³-hybridized carbons (Fsp3) is 0.381. The normalized spacial score (nSPS) is 18.2. The molecule has 0 radical (unpaired) electrons. The van der Waals surface area contributed by atoms with E-state index in [1.54, 1.807) is 7.11 Å². The zero-order valence-corrected chi connectivity index (χ0v) is 16.4. The summed E-state index contributed by atoms with van der Waals surface area (Å²) >= 11 is 0. The van der Waals surface area contributed by atoms with Crippen LogP contribution < -0.4 is 14.8 Å². The molecule has 0 spiro atoms. The highest BCUT2D eigenvalue weighted by molar-refractivity contribution is 5.46. The van der Waals surface area contributed by atoms with Gasteiger partial charge in [-0.25, -0.2) is 4.68 Å². The van der Waals surface area contributed by atoms with Gasteiger partial charge in [0, 0.05) is 0 Å². The molecule has 1 aromatic heterocycles. The molecular formula is C21H25N5O2. The zero-order chi connectivity index (χ0) is 19.5. The summed E-state index contributed by atoms with van der Waals surface area (Å²) in [6.45, 7) is 4.72. The lowest BCUT2D eigenvalue weighted by atomic mass is 9.92. The van der Waals surface area contributed by atoms with Crippen molar-refractivity contribution < 1.29 is 9.47 Å². The molecule has 1 aliphatic rings. The van der Waals surface area contributed by atoms with Crippen LogP contribution in [-0.2, 0) is 6.42 Å². The van der Waals surface area contributed by atoms with Gasteiger partial charge in [0.25, 0.3) is 0 Å². The van der Waals surface area contributed by atoms with E-state index in [0.29, 0.717) is 12.6 Å². The van der Waals surface area contributed by atoms with E-state index in [9.17, 15) is 0 Å². The van der Waals surface area contributed by atoms with Crippen LogP contribution in [0.25, 0.3) is 0 Å². The molecule has 0 aliphatic carbocycles. The van der Waals surface area contributed by atoms with Gasteiger partial charge in [-0.3, -0.25) is 0 Å². The molecule has 7 nitrogen and oxygen atoms in total. The number of anilines is 1. The molecule has 0 fully saturated rings. The van der Waals surface area contributed by atoms with E-state index in [2.05, 4.69) is 58.1 Å². The number of aryl methyl sites for hydroxylation is 1. The van der Waals surface area contributed by atoms with Crippen LogP contribution in [0.2, 0.25) is 0 Å². The molecule has 2 unspecified atom stereocenters. The molecule has 0 saturated heterocycles. The predicted octanol–water partition coefficient (Wildman–Crippen LogP) is 3.79. The van der Waals surface area contributed by atoms with Gasteiger partial charge in [-0.05, 0) is 59.0 Å². The SMILES string of the molecule is CCOc1ccc(C2CC(c3ccc(CC)cc3)Nc3nnnn32)cc1OC. The summed E-state index contributed by atoms with van der Waals surface area (Å²) in [5.41, 5.74) is 3.65. The zero-order valence-electron chi connectivity index (χ0n) is 16.4. The largest absolute Gasteiger partial charge is 0.493 e. The van der Waals surface area contributed by atoms with Gasteiger partial charge in [-0.1, -0.05) is 42.4 Å². The third-order valence-electron chi connectivity index (χ3n) is 5.21. The number of methoxy groups -OCH3 is 1. The van der Waals surface area contributed by atoms with Crippen molar-refractivity contribution in [2.75, 3.05) is 19.0 Å². The van der Waals surface area contributed by atoms with Crippen LogP contribution >= 0.6 is 0 Å². The number of hydrogen-bond acceptors (Lipinski definition) is 6. The summed E-state index contributed by atoms with van der Waals surface area (Å²) in [5, 5.41) is 15.7. The summed E-state index contributed by atoms with van der Waals surface area (Å²) in [4.78, 5) is 0. The first-order valence-electron chi connectivity index (χ1n) is 9.67. The molecule has 0 amide bonds. The average molecular weight is 379 g/mol. The number of benzene rings is 2. The van der Waals surface area contributed by atoms with E-state index in [-0.39, 0.29) is 12.1 Å². The minimum Gasteiger partial charge on any atom is -0.493 e. The molecule has 2 atom stereocenters. The van der Waals surface area contributed by atoms with E-state index in [0.717, 1.165) is 29.9 Å². The lowest BCUT2D eigenvalue weighted by Gasteiger charge is -2.31. The Bertz CT molecular complexity index is 938. The lowest BCUT2D eigenvalue weighted by molar-refractivity contribution is 0.310. The smallest absolute Gasteiger partial charge is 0.243 e. The first kappa shape index (κ1) is 18.3. The van der Waals surface area contributed by atoms with E-state index in [1.165, 1.54) is 11.1 Å². The van der Waals surface area contributed by atoms with Gasteiger partial charge in [0.1, 0.15) is 0 Å². The Morgan fingerprint density at radius 2 is 1.86 bits per heavy atom. The van der Waals surface area contributed by atoms with Crippen LogP contribution in [-0.4, -0.2) is 33.9 Å². The molecule has 146 valence electrons. The minimum atomic E-state index is 0.00618. The molecule has 0 saturated carbocycles. The van der Waals surface area contributed by atoms with Gasteiger partial charge >= 0.3 is 0 Å². The Kier molecular flexibility index (Phi) is 5.14. The molecular weight excluding hydrogens is 354 g/mol. The fourth-order valence-electron chi connectivity index (χ4n) is 3.68. The highest BCUT2D eigenvalue weighted by Gasteiger charge is 2.31. The topological polar surface area (TPSA) is 74.1 Å². The minimum absolute atomic E-state index is 0.00618. The van der Waals surface area contributed by atoms with Gasteiger partial charge < -0.3 is 14.8 Å². The van der Waals surface area contributed by atoms with Crippen molar-refractivity contribution in [3.8, 4) is 11.5 Å². The highest BCUT2D eigenvalue weighted by Crippen LogP contribution is 2.39. The Morgan fingerprint density at radius 1 is 1.07 bits per heavy atom. The molecule has 7 heteroatoms. The van der Waals surface area contributed by atoms with Gasteiger partial charge in [-0.2, -0.15) is 0 Å². The van der Waals surface area contributed by atoms with Gasteiger partial charge in [0.15, 0.2) is 11.5 Å². The summed E-state index contributed by atoms with van der Waals surface area (Å²) in [6, 6.07) is 14.9. The fourth-order valence-corrected chi connectivity index (χ4v) is 3.68. The first-order valence-corrected chi connectivity index (χ1v) is 9.67. The third-order valence-corrected chi connectivity index (χ3v) is 5.21. The second-order valence-electron chi connectivity index (χ2n) is 6.83. The molecule has 2 heterocycles. The van der Waals surface area contributed by atoms with Crippen LogP contribution in [0.3, 0.4) is 0 Å². The Labute approximate surface area is 164 Å². The van der Waals surface area contributed by atoms with E-state index >= 15 is 0 Å². The number of hydrogen-bond donors (Lipinski definition) is 1. The second kappa shape index (κ2) is 7.88. The molecule has 2 aromatic carbocycles. The number of nitrogens with zero attached hydrogens (tertiary/aromatic N) is 4. The van der Waals surface area contributed by atoms with Crippen molar-refractivity contribution >= 4 is 5.95 Å². The molecule has 1 aliphatic heterocycles. The maximum absolute atomic E-state index is 5.65. The number of tetrazole rings is 1. The molecule has 28 heavy (non-hydrogen) atoms. The van der Waals surface area contributed by atoms with Crippen molar-refractivity contribution in [2.45, 2.75) is 38.8 Å². The number of ether oxygens (including phenoxy) is 2. The average Bonchev–Trinajstić information content (AvgIpc) is 3.22. The summed E-state index contributed by atoms with van der Waals surface area (Å²) < 4.78 is 13.0. The van der Waals surface area contributed by atoms with Crippen molar-refractivity contribution in [1.82, 2.24) is 20.2 Å². The van der Waals surface area contributed by atoms with Crippen LogP contribution in [0, 0.1) is 0 Å². The molecule has 3 aromatic rings. The van der Waals surface area contributed by atoms with E-state index < -0.39 is 0 Å². The lowest BCUT2D eigenvalue weighted by Crippen LogP contribution is -2.28. The predicted molar refractivity (Wildman–Crippen MR) is 107 cm³/mol. The number of aromatic nitrogens is 4. The van der Waals surface area contributed by atoms with Crippen molar-refractivity contribution in [3.63, 3.8) is 0 Å². The Morgan fingerprint density at radius 3 is 2.57 bits per heavy atom. The summed E-state index contributed by atoms with van der Waals surface area (Å²) in [7, 11) is 1.66. The monoisotopic (exact) mass is 379 g/mol. The van der Waals surface area contributed by atoms with Crippen molar-refractivity contribution in [1.29, 1.82) is 0 Å². The quantitative estimate of drug-likeness (QED) is 0.702. The van der Waals surface area contributed by atoms with E-state index in [4.69, 9.17) is 9.47 Å². The highest BCUT2D eigenvalue weighted by atomic mass is 16.5. The Balaban J connectivity index is 1.68. The molecule has 4 rings (SSSR count). The third kappa shape index (κ3) is 3.40. The van der Waals surface area contributed by atoms with Crippen LogP contribution in [0.1, 0.15) is 49.0 Å². The standard InChI is InChI=1S/C21H25N5O2/c1-4-14-6-8-15(9-7-14)17-13-18(26-21(22-17)23-24-25-26)16-10-11-19(28-5-2)20(12-16)27-3/h6-12,17-18H,4-5,13H2,1-3H3,(H,22,23,25).